The SMILES string of the molecule is O=C(O)c1cc(C(=O)O)c(C(=O)N(Cc2ccccc2)Cc2ccccc2Oc2ccccc2)cc1C(=O)O. The molecule has 0 saturated heterocycles. The molecule has 0 bridgehead atoms. The number of nitrogens with zero attached hydrogens (tertiary/aromatic N) is 1. The largest absolute Gasteiger partial charge is 0.478 e. The highest BCUT2D eigenvalue weighted by Crippen LogP contribution is 2.28. The summed E-state index contributed by atoms with van der Waals surface area (Å²) in [5, 5.41) is 28.8. The summed E-state index contributed by atoms with van der Waals surface area (Å²) in [6.07, 6.45) is 0. The number of carboxylic acid groups (broad SMARTS) is 3. The molecule has 4 aromatic carbocycles. The smallest absolute Gasteiger partial charge is 0.336 e. The van der Waals surface area contributed by atoms with Crippen molar-refractivity contribution < 1.29 is 39.2 Å². The third-order valence-electron chi connectivity index (χ3n) is 5.89. The molecule has 196 valence electrons. The molecule has 0 saturated carbocycles. The Morgan fingerprint density at radius 3 is 1.67 bits per heavy atom. The van der Waals surface area contributed by atoms with Crippen LogP contribution in [0.15, 0.2) is 97.1 Å². The average Bonchev–Trinajstić information content (AvgIpc) is 2.93. The lowest BCUT2D eigenvalue weighted by molar-refractivity contribution is 0.0643. The molecule has 0 spiro atoms. The number of hydrogen-bond donors (Lipinski definition) is 3. The summed E-state index contributed by atoms with van der Waals surface area (Å²) < 4.78 is 6.03. The maximum absolute atomic E-state index is 13.9. The van der Waals surface area contributed by atoms with E-state index < -0.39 is 46.1 Å². The van der Waals surface area contributed by atoms with Crippen LogP contribution in [0.5, 0.6) is 11.5 Å². The molecule has 9 heteroatoms. The van der Waals surface area contributed by atoms with E-state index in [1.807, 2.05) is 24.3 Å². The minimum Gasteiger partial charge on any atom is -0.478 e. The number of ether oxygens (including phenoxy) is 1. The van der Waals surface area contributed by atoms with E-state index in [-0.39, 0.29) is 13.1 Å². The van der Waals surface area contributed by atoms with Gasteiger partial charge in [-0.15, -0.1) is 0 Å². The van der Waals surface area contributed by atoms with E-state index in [1.165, 1.54) is 4.90 Å². The van der Waals surface area contributed by atoms with Crippen LogP contribution in [0, 0.1) is 0 Å². The van der Waals surface area contributed by atoms with Crippen molar-refractivity contribution in [3.63, 3.8) is 0 Å². The van der Waals surface area contributed by atoms with E-state index >= 15 is 0 Å². The van der Waals surface area contributed by atoms with Crippen molar-refractivity contribution in [1.29, 1.82) is 0 Å². The molecule has 4 aromatic rings. The van der Waals surface area contributed by atoms with Gasteiger partial charge in [-0.2, -0.15) is 0 Å². The Bertz CT molecular complexity index is 1530. The molecule has 0 unspecified atom stereocenters. The van der Waals surface area contributed by atoms with Crippen LogP contribution in [0.25, 0.3) is 0 Å². The topological polar surface area (TPSA) is 141 Å². The fourth-order valence-corrected chi connectivity index (χ4v) is 4.04. The predicted octanol–water partition coefficient (Wildman–Crippen LogP) is 5.42. The van der Waals surface area contributed by atoms with Gasteiger partial charge in [-0.1, -0.05) is 66.7 Å². The predicted molar refractivity (Wildman–Crippen MR) is 140 cm³/mol. The molecule has 9 nitrogen and oxygen atoms in total. The van der Waals surface area contributed by atoms with Gasteiger partial charge in [0.25, 0.3) is 5.91 Å². The highest BCUT2D eigenvalue weighted by molar-refractivity contribution is 6.10. The summed E-state index contributed by atoms with van der Waals surface area (Å²) in [5.74, 6) is -4.53. The molecule has 39 heavy (non-hydrogen) atoms. The van der Waals surface area contributed by atoms with Gasteiger partial charge < -0.3 is 25.0 Å². The van der Waals surface area contributed by atoms with Crippen molar-refractivity contribution in [1.82, 2.24) is 4.90 Å². The number of rotatable bonds is 10. The van der Waals surface area contributed by atoms with E-state index in [0.717, 1.165) is 11.6 Å². The van der Waals surface area contributed by atoms with Crippen LogP contribution in [-0.2, 0) is 13.1 Å². The standard InChI is InChI=1S/C30H23NO8/c32-27(22-15-24(29(35)36)25(30(37)38)16-23(22)28(33)34)31(17-19-9-3-1-4-10-19)18-20-11-7-8-14-26(20)39-21-12-5-2-6-13-21/h1-16H,17-18H2,(H,33,34)(H,35,36)(H,37,38). The molecule has 0 fully saturated rings. The maximum Gasteiger partial charge on any atom is 0.336 e. The number of carboxylic acids is 3. The zero-order valence-electron chi connectivity index (χ0n) is 20.5. The normalized spacial score (nSPS) is 10.5. The van der Waals surface area contributed by atoms with Crippen molar-refractivity contribution >= 4 is 23.8 Å². The highest BCUT2D eigenvalue weighted by Gasteiger charge is 2.28. The lowest BCUT2D eigenvalue weighted by Crippen LogP contribution is -2.32. The Morgan fingerprint density at radius 1 is 0.590 bits per heavy atom. The Hall–Kier alpha value is -5.44. The van der Waals surface area contributed by atoms with Crippen molar-refractivity contribution in [3.05, 3.63) is 130 Å². The number of aromatic carboxylic acids is 3. The van der Waals surface area contributed by atoms with Crippen molar-refractivity contribution in [2.45, 2.75) is 13.1 Å². The highest BCUT2D eigenvalue weighted by atomic mass is 16.5. The monoisotopic (exact) mass is 525 g/mol. The quantitative estimate of drug-likeness (QED) is 0.249. The Balaban J connectivity index is 1.79. The summed E-state index contributed by atoms with van der Waals surface area (Å²) in [7, 11) is 0. The van der Waals surface area contributed by atoms with Crippen LogP contribution in [0.3, 0.4) is 0 Å². The van der Waals surface area contributed by atoms with Crippen LogP contribution in [-0.4, -0.2) is 44.0 Å². The number of amides is 1. The first-order chi connectivity index (χ1) is 18.7. The zero-order valence-corrected chi connectivity index (χ0v) is 20.5. The second-order valence-corrected chi connectivity index (χ2v) is 8.53. The Morgan fingerprint density at radius 2 is 1.08 bits per heavy atom. The van der Waals surface area contributed by atoms with Gasteiger partial charge in [-0.05, 0) is 35.9 Å². The van der Waals surface area contributed by atoms with Crippen LogP contribution < -0.4 is 4.74 Å². The molecule has 0 heterocycles. The van der Waals surface area contributed by atoms with Gasteiger partial charge in [-0.25, -0.2) is 14.4 Å². The van der Waals surface area contributed by atoms with Crippen molar-refractivity contribution in [3.8, 4) is 11.5 Å². The van der Waals surface area contributed by atoms with Crippen LogP contribution in [0.1, 0.15) is 52.6 Å². The zero-order chi connectivity index (χ0) is 27.9. The Kier molecular flexibility index (Phi) is 8.01. The van der Waals surface area contributed by atoms with Gasteiger partial charge in [0.15, 0.2) is 0 Å². The van der Waals surface area contributed by atoms with Gasteiger partial charge in [0, 0.05) is 12.1 Å². The molecule has 0 aromatic heterocycles. The first-order valence-electron chi connectivity index (χ1n) is 11.8. The van der Waals surface area contributed by atoms with Crippen molar-refractivity contribution in [2.24, 2.45) is 0 Å². The van der Waals surface area contributed by atoms with Crippen LogP contribution >= 0.6 is 0 Å². The van der Waals surface area contributed by atoms with Crippen LogP contribution in [0.2, 0.25) is 0 Å². The van der Waals surface area contributed by atoms with E-state index in [9.17, 15) is 34.5 Å². The second kappa shape index (κ2) is 11.7. The molecular formula is C30H23NO8. The first-order valence-corrected chi connectivity index (χ1v) is 11.8. The minimum absolute atomic E-state index is 0.0150. The third kappa shape index (κ3) is 6.28. The fourth-order valence-electron chi connectivity index (χ4n) is 4.04. The van der Waals surface area contributed by atoms with E-state index in [0.29, 0.717) is 23.1 Å². The summed E-state index contributed by atoms with van der Waals surface area (Å²) >= 11 is 0. The molecule has 0 aliphatic carbocycles. The molecular weight excluding hydrogens is 502 g/mol. The lowest BCUT2D eigenvalue weighted by atomic mass is 9.96. The molecule has 0 aliphatic rings. The number of hydrogen-bond acceptors (Lipinski definition) is 5. The van der Waals surface area contributed by atoms with Gasteiger partial charge in [0.05, 0.1) is 28.8 Å². The second-order valence-electron chi connectivity index (χ2n) is 8.53. The van der Waals surface area contributed by atoms with E-state index in [2.05, 4.69) is 0 Å². The average molecular weight is 526 g/mol. The molecule has 4 rings (SSSR count). The van der Waals surface area contributed by atoms with Crippen LogP contribution in [0.4, 0.5) is 0 Å². The molecule has 0 atom stereocenters. The number of benzene rings is 4. The first kappa shape index (κ1) is 26.6. The van der Waals surface area contributed by atoms with E-state index in [4.69, 9.17) is 4.74 Å². The van der Waals surface area contributed by atoms with Crippen molar-refractivity contribution in [2.75, 3.05) is 0 Å². The number of carbonyl (C=O) groups is 4. The summed E-state index contributed by atoms with van der Waals surface area (Å²) in [6.45, 7) is 0.0420. The van der Waals surface area contributed by atoms with Gasteiger partial charge in [0.1, 0.15) is 11.5 Å². The number of carbonyl (C=O) groups excluding carboxylic acids is 1. The molecule has 0 aliphatic heterocycles. The fraction of sp³-hybridized carbons (Fsp3) is 0.0667. The lowest BCUT2D eigenvalue weighted by Gasteiger charge is -2.25. The number of para-hydroxylation sites is 2. The maximum atomic E-state index is 13.9. The van der Waals surface area contributed by atoms with Gasteiger partial charge >= 0.3 is 17.9 Å². The third-order valence-corrected chi connectivity index (χ3v) is 5.89. The summed E-state index contributed by atoms with van der Waals surface area (Å²) in [5.41, 5.74) is -1.12. The van der Waals surface area contributed by atoms with Gasteiger partial charge in [0.2, 0.25) is 0 Å². The summed E-state index contributed by atoms with van der Waals surface area (Å²) in [6, 6.07) is 26.6. The van der Waals surface area contributed by atoms with Gasteiger partial charge in [-0.3, -0.25) is 4.79 Å². The van der Waals surface area contributed by atoms with E-state index in [1.54, 1.807) is 60.7 Å². The Labute approximate surface area is 223 Å². The minimum atomic E-state index is -1.62. The molecule has 0 radical (unpaired) electrons. The molecule has 3 N–H and O–H groups in total. The molecule has 1 amide bonds. The summed E-state index contributed by atoms with van der Waals surface area (Å²) in [4.78, 5) is 50.7.